The second kappa shape index (κ2) is 10.5. The van der Waals surface area contributed by atoms with Gasteiger partial charge in [0.15, 0.2) is 5.82 Å². The number of nitrogen functional groups attached to an aromatic ring is 1. The van der Waals surface area contributed by atoms with E-state index in [1.165, 1.54) is 17.0 Å². The molecule has 0 atom stereocenters. The number of benzene rings is 3. The number of carbonyl (C=O) groups excluding carboxylic acids is 3. The number of nitrogens with two attached hydrogens (primary N) is 2. The van der Waals surface area contributed by atoms with Gasteiger partial charge in [-0.3, -0.25) is 19.7 Å². The summed E-state index contributed by atoms with van der Waals surface area (Å²) in [6, 6.07) is 12.8. The molecule has 0 aliphatic carbocycles. The lowest BCUT2D eigenvalue weighted by Gasteiger charge is -2.22. The van der Waals surface area contributed by atoms with Gasteiger partial charge in [0, 0.05) is 7.05 Å². The van der Waals surface area contributed by atoms with Crippen LogP contribution in [0.4, 0.5) is 40.0 Å². The number of rotatable bonds is 7. The average Bonchev–Trinajstić information content (AvgIpc) is 3.41. The van der Waals surface area contributed by atoms with Crippen molar-refractivity contribution < 1.29 is 32.3 Å². The number of nitrogens with zero attached hydrogens (tertiary/aromatic N) is 4. The summed E-state index contributed by atoms with van der Waals surface area (Å²) < 4.78 is 45.7. The summed E-state index contributed by atoms with van der Waals surface area (Å²) >= 11 is 0. The van der Waals surface area contributed by atoms with Crippen LogP contribution in [0.25, 0.3) is 22.0 Å². The number of H-pyrrole nitrogens is 1. The van der Waals surface area contributed by atoms with Crippen molar-refractivity contribution in [2.24, 2.45) is 5.73 Å². The Morgan fingerprint density at radius 2 is 1.77 bits per heavy atom. The maximum Gasteiger partial charge on any atom is 0.416 e. The Morgan fingerprint density at radius 3 is 2.37 bits per heavy atom. The van der Waals surface area contributed by atoms with E-state index in [1.807, 2.05) is 0 Å². The number of hydrogen-bond donors (Lipinski definition) is 3. The molecule has 0 radical (unpaired) electrons. The number of carbonyl (C=O) groups is 3. The minimum Gasteiger partial charge on any atom is -0.489 e. The number of alkyl halides is 3. The van der Waals surface area contributed by atoms with Gasteiger partial charge >= 0.3 is 18.2 Å². The van der Waals surface area contributed by atoms with E-state index in [0.717, 1.165) is 21.9 Å². The quantitative estimate of drug-likeness (QED) is 0.253. The number of amides is 5. The molecular weight excluding hydrogens is 567 g/mol. The first-order valence-electron chi connectivity index (χ1n) is 13.1. The number of halogens is 3. The Morgan fingerprint density at radius 1 is 1.07 bits per heavy atom. The summed E-state index contributed by atoms with van der Waals surface area (Å²) in [4.78, 5) is 40.9. The molecule has 11 nitrogen and oxygen atoms in total. The van der Waals surface area contributed by atoms with Crippen molar-refractivity contribution in [3.05, 3.63) is 66.2 Å². The Balaban J connectivity index is 1.39. The fraction of sp³-hybridized carbons (Fsp3) is 0.241. The van der Waals surface area contributed by atoms with Crippen LogP contribution < -0.4 is 21.1 Å². The van der Waals surface area contributed by atoms with Gasteiger partial charge in [-0.15, -0.1) is 0 Å². The summed E-state index contributed by atoms with van der Waals surface area (Å²) in [6.07, 6.45) is -4.59. The van der Waals surface area contributed by atoms with Crippen LogP contribution in [0.3, 0.4) is 0 Å². The lowest BCUT2D eigenvalue weighted by molar-refractivity contribution is -0.137. The number of urea groups is 2. The molecule has 5 amide bonds. The van der Waals surface area contributed by atoms with E-state index < -0.39 is 29.3 Å². The van der Waals surface area contributed by atoms with Crippen molar-refractivity contribution in [1.29, 1.82) is 0 Å². The highest BCUT2D eigenvalue weighted by atomic mass is 19.4. The highest BCUT2D eigenvalue weighted by molar-refractivity contribution is 6.07. The zero-order chi connectivity index (χ0) is 31.3. The van der Waals surface area contributed by atoms with Crippen molar-refractivity contribution in [1.82, 2.24) is 20.0 Å². The van der Waals surface area contributed by atoms with Gasteiger partial charge in [0.1, 0.15) is 23.4 Å². The summed E-state index contributed by atoms with van der Waals surface area (Å²) in [6.45, 7) is 3.42. The van der Waals surface area contributed by atoms with Crippen molar-refractivity contribution in [3.63, 3.8) is 0 Å². The number of primary amides is 1. The summed E-state index contributed by atoms with van der Waals surface area (Å²) in [5.74, 6) is 0.271. The van der Waals surface area contributed by atoms with E-state index in [-0.39, 0.29) is 36.3 Å². The highest BCUT2D eigenvalue weighted by Gasteiger charge is 2.49. The zero-order valence-corrected chi connectivity index (χ0v) is 23.4. The standard InChI is InChI=1S/C29H28F3N7O4/c1-28(2)25(40)38(27(42)37(28)3)13-14-43-21-12-11-20(22-23(21)35-36-24(22)33)16-7-9-18(10-8-16)39(26(34)41)19-6-4-5-17(15-19)29(30,31)32/h4-12,15H,13-14H2,1-3H3,(H2,34,41)(H3,33,35,36). The van der Waals surface area contributed by atoms with E-state index in [9.17, 15) is 27.6 Å². The lowest BCUT2D eigenvalue weighted by Crippen LogP contribution is -2.41. The largest absolute Gasteiger partial charge is 0.489 e. The Labute approximate surface area is 243 Å². The second-order valence-electron chi connectivity index (χ2n) is 10.4. The van der Waals surface area contributed by atoms with Crippen LogP contribution in [0, 0.1) is 0 Å². The fourth-order valence-corrected chi connectivity index (χ4v) is 4.93. The molecule has 1 aliphatic rings. The van der Waals surface area contributed by atoms with Crippen LogP contribution in [-0.4, -0.2) is 63.7 Å². The van der Waals surface area contributed by atoms with E-state index in [0.29, 0.717) is 27.8 Å². The van der Waals surface area contributed by atoms with Gasteiger partial charge in [-0.05, 0) is 67.4 Å². The van der Waals surface area contributed by atoms with Crippen molar-refractivity contribution in [2.45, 2.75) is 25.6 Å². The van der Waals surface area contributed by atoms with Gasteiger partial charge in [-0.1, -0.05) is 18.2 Å². The molecule has 5 N–H and O–H groups in total. The molecule has 1 aliphatic heterocycles. The molecule has 1 aromatic heterocycles. The Hall–Kier alpha value is -5.27. The molecular formula is C29H28F3N7O4. The summed E-state index contributed by atoms with van der Waals surface area (Å²) in [5.41, 5.74) is 11.9. The number of ether oxygens (including phenoxy) is 1. The van der Waals surface area contributed by atoms with E-state index >= 15 is 0 Å². The minimum atomic E-state index is -4.59. The highest BCUT2D eigenvalue weighted by Crippen LogP contribution is 2.38. The van der Waals surface area contributed by atoms with Crippen LogP contribution in [0.5, 0.6) is 5.75 Å². The normalized spacial score (nSPS) is 14.9. The Kier molecular flexibility index (Phi) is 7.16. The van der Waals surface area contributed by atoms with Gasteiger partial charge in [-0.25, -0.2) is 9.59 Å². The fourth-order valence-electron chi connectivity index (χ4n) is 4.93. The third kappa shape index (κ3) is 5.15. The van der Waals surface area contributed by atoms with Gasteiger partial charge in [0.05, 0.1) is 28.9 Å². The van der Waals surface area contributed by atoms with Crippen LogP contribution in [0.15, 0.2) is 60.7 Å². The molecule has 224 valence electrons. The third-order valence-corrected chi connectivity index (χ3v) is 7.50. The molecule has 0 saturated carbocycles. The number of aromatic nitrogens is 2. The average molecular weight is 596 g/mol. The van der Waals surface area contributed by atoms with E-state index in [2.05, 4.69) is 10.2 Å². The molecule has 0 spiro atoms. The SMILES string of the molecule is CN1C(=O)N(CCOc2ccc(-c3ccc(N(C(N)=O)c4cccc(C(F)(F)F)c4)cc3)c3c(N)n[nH]c23)C(=O)C1(C)C. The first-order chi connectivity index (χ1) is 20.2. The van der Waals surface area contributed by atoms with Crippen LogP contribution >= 0.6 is 0 Å². The van der Waals surface area contributed by atoms with E-state index in [4.69, 9.17) is 16.2 Å². The first-order valence-corrected chi connectivity index (χ1v) is 13.1. The predicted octanol–water partition coefficient (Wildman–Crippen LogP) is 5.10. The lowest BCUT2D eigenvalue weighted by atomic mass is 10.0. The first kappa shape index (κ1) is 29.2. The van der Waals surface area contributed by atoms with Crippen molar-refractivity contribution in [3.8, 4) is 16.9 Å². The molecule has 0 unspecified atom stereocenters. The smallest absolute Gasteiger partial charge is 0.416 e. The van der Waals surface area contributed by atoms with Crippen molar-refractivity contribution >= 4 is 46.1 Å². The molecule has 2 heterocycles. The number of likely N-dealkylation sites (N-methyl/N-ethyl adjacent to an activating group) is 1. The number of imide groups is 1. The van der Waals surface area contributed by atoms with Crippen LogP contribution in [-0.2, 0) is 11.0 Å². The molecule has 14 heteroatoms. The van der Waals surface area contributed by atoms with Crippen molar-refractivity contribution in [2.75, 3.05) is 30.8 Å². The molecule has 4 aromatic rings. The monoisotopic (exact) mass is 595 g/mol. The predicted molar refractivity (Wildman–Crippen MR) is 154 cm³/mol. The van der Waals surface area contributed by atoms with Crippen LogP contribution in [0.1, 0.15) is 19.4 Å². The topological polar surface area (TPSA) is 151 Å². The number of anilines is 3. The molecule has 0 bridgehead atoms. The van der Waals surface area contributed by atoms with Gasteiger partial charge < -0.3 is 21.1 Å². The maximum atomic E-state index is 13.3. The molecule has 1 fully saturated rings. The zero-order valence-electron chi connectivity index (χ0n) is 23.4. The molecule has 43 heavy (non-hydrogen) atoms. The Bertz CT molecular complexity index is 1730. The summed E-state index contributed by atoms with van der Waals surface area (Å²) in [5, 5.41) is 7.50. The number of fused-ring (bicyclic) bond motifs is 1. The minimum absolute atomic E-state index is 0.0297. The third-order valence-electron chi connectivity index (χ3n) is 7.50. The molecule has 3 aromatic carbocycles. The van der Waals surface area contributed by atoms with Crippen LogP contribution in [0.2, 0.25) is 0 Å². The maximum absolute atomic E-state index is 13.3. The van der Waals surface area contributed by atoms with Gasteiger partial charge in [0.2, 0.25) is 0 Å². The summed E-state index contributed by atoms with van der Waals surface area (Å²) in [7, 11) is 1.57. The number of hydrogen-bond acceptors (Lipinski definition) is 6. The number of nitrogens with one attached hydrogen (secondary N) is 1. The molecule has 1 saturated heterocycles. The molecule has 5 rings (SSSR count). The number of aromatic amines is 1. The second-order valence-corrected chi connectivity index (χ2v) is 10.4. The van der Waals surface area contributed by atoms with Gasteiger partial charge in [-0.2, -0.15) is 18.3 Å². The van der Waals surface area contributed by atoms with Gasteiger partial charge in [0.25, 0.3) is 5.91 Å². The van der Waals surface area contributed by atoms with E-state index in [1.54, 1.807) is 57.3 Å².